The maximum atomic E-state index is 12.4. The fraction of sp³-hybridized carbons (Fsp3) is 0.500. The van der Waals surface area contributed by atoms with Crippen molar-refractivity contribution in [2.45, 2.75) is 20.3 Å². The van der Waals surface area contributed by atoms with Gasteiger partial charge in [-0.25, -0.2) is 0 Å². The minimum Gasteiger partial charge on any atom is -0.341 e. The molecule has 2 rings (SSSR count). The van der Waals surface area contributed by atoms with Gasteiger partial charge in [-0.05, 0) is 25.5 Å². The molecule has 1 N–H and O–H groups in total. The van der Waals surface area contributed by atoms with Crippen molar-refractivity contribution in [2.24, 2.45) is 0 Å². The zero-order valence-corrected chi connectivity index (χ0v) is 11.8. The van der Waals surface area contributed by atoms with E-state index in [4.69, 9.17) is 0 Å². The minimum atomic E-state index is -0.359. The molecule has 2 amide bonds. The highest BCUT2D eigenvalue weighted by molar-refractivity contribution is 5.93. The van der Waals surface area contributed by atoms with Crippen molar-refractivity contribution in [3.8, 4) is 0 Å². The fourth-order valence-corrected chi connectivity index (χ4v) is 2.35. The third-order valence-electron chi connectivity index (χ3n) is 3.51. The van der Waals surface area contributed by atoms with E-state index >= 15 is 0 Å². The zero-order chi connectivity index (χ0) is 14.7. The first kappa shape index (κ1) is 14.3. The molecule has 0 saturated carbocycles. The zero-order valence-electron chi connectivity index (χ0n) is 11.8. The Balaban J connectivity index is 2.13. The van der Waals surface area contributed by atoms with Crippen LogP contribution in [0.2, 0.25) is 0 Å². The molecule has 0 radical (unpaired) electrons. The summed E-state index contributed by atoms with van der Waals surface area (Å²) in [5.41, 5.74) is 0.528. The van der Waals surface area contributed by atoms with Crippen LogP contribution in [0.3, 0.4) is 0 Å². The largest absolute Gasteiger partial charge is 0.341 e. The van der Waals surface area contributed by atoms with E-state index in [9.17, 15) is 14.4 Å². The van der Waals surface area contributed by atoms with Crippen LogP contribution in [0.4, 0.5) is 0 Å². The molecule has 0 aromatic carbocycles. The van der Waals surface area contributed by atoms with Crippen LogP contribution in [-0.4, -0.2) is 52.8 Å². The maximum absolute atomic E-state index is 12.4. The molecule has 1 aromatic rings. The van der Waals surface area contributed by atoms with Crippen LogP contribution < -0.4 is 5.56 Å². The number of aromatic nitrogens is 1. The van der Waals surface area contributed by atoms with Crippen LogP contribution in [0.5, 0.6) is 0 Å². The molecule has 0 unspecified atom stereocenters. The van der Waals surface area contributed by atoms with Crippen LogP contribution >= 0.6 is 0 Å². The van der Waals surface area contributed by atoms with Crippen molar-refractivity contribution in [1.29, 1.82) is 0 Å². The number of nitrogens with one attached hydrogen (secondary N) is 1. The number of amides is 2. The van der Waals surface area contributed by atoms with Gasteiger partial charge in [0.25, 0.3) is 11.5 Å². The van der Waals surface area contributed by atoms with E-state index < -0.39 is 0 Å². The summed E-state index contributed by atoms with van der Waals surface area (Å²) in [6, 6.07) is 3.28. The van der Waals surface area contributed by atoms with Gasteiger partial charge >= 0.3 is 0 Å². The number of hydrogen-bond acceptors (Lipinski definition) is 3. The molecule has 6 heteroatoms. The molecule has 1 aliphatic heterocycles. The average Bonchev–Trinajstić information content (AvgIpc) is 2.63. The standard InChI is InChI=1S/C14H19N3O3/c1-10-4-5-12(13(19)15-10)14(20)17-7-3-6-16(8-9-17)11(2)18/h4-5H,3,6-9H2,1-2H3,(H,15,19). The van der Waals surface area contributed by atoms with E-state index in [0.29, 0.717) is 26.2 Å². The second-order valence-corrected chi connectivity index (χ2v) is 5.04. The van der Waals surface area contributed by atoms with Gasteiger partial charge in [-0.3, -0.25) is 14.4 Å². The molecule has 1 aromatic heterocycles. The Morgan fingerprint density at radius 3 is 2.40 bits per heavy atom. The van der Waals surface area contributed by atoms with Crippen molar-refractivity contribution in [1.82, 2.24) is 14.8 Å². The summed E-state index contributed by atoms with van der Waals surface area (Å²) in [4.78, 5) is 41.5. The molecule has 0 spiro atoms. The lowest BCUT2D eigenvalue weighted by Gasteiger charge is -2.21. The van der Waals surface area contributed by atoms with Gasteiger partial charge in [0.15, 0.2) is 0 Å². The molecule has 6 nitrogen and oxygen atoms in total. The molecule has 0 atom stereocenters. The summed E-state index contributed by atoms with van der Waals surface area (Å²) >= 11 is 0. The molecule has 1 saturated heterocycles. The molecule has 1 fully saturated rings. The van der Waals surface area contributed by atoms with Gasteiger partial charge < -0.3 is 14.8 Å². The van der Waals surface area contributed by atoms with Crippen LogP contribution in [0.1, 0.15) is 29.4 Å². The summed E-state index contributed by atoms with van der Waals surface area (Å²) < 4.78 is 0. The topological polar surface area (TPSA) is 73.5 Å². The van der Waals surface area contributed by atoms with Crippen LogP contribution in [0.15, 0.2) is 16.9 Å². The van der Waals surface area contributed by atoms with E-state index in [2.05, 4.69) is 4.98 Å². The third kappa shape index (κ3) is 3.07. The predicted octanol–water partition coefficient (Wildman–Crippen LogP) is 0.378. The van der Waals surface area contributed by atoms with Crippen molar-refractivity contribution in [3.63, 3.8) is 0 Å². The molecule has 0 aliphatic carbocycles. The molecule has 0 bridgehead atoms. The first-order valence-corrected chi connectivity index (χ1v) is 6.74. The lowest BCUT2D eigenvalue weighted by Crippen LogP contribution is -2.38. The summed E-state index contributed by atoms with van der Waals surface area (Å²) in [7, 11) is 0. The molecular formula is C14H19N3O3. The van der Waals surface area contributed by atoms with Gasteiger partial charge in [-0.15, -0.1) is 0 Å². The summed E-state index contributed by atoms with van der Waals surface area (Å²) in [6.07, 6.45) is 0.731. The monoisotopic (exact) mass is 277 g/mol. The lowest BCUT2D eigenvalue weighted by molar-refractivity contribution is -0.128. The Labute approximate surface area is 117 Å². The number of carbonyl (C=O) groups excluding carboxylic acids is 2. The highest BCUT2D eigenvalue weighted by Crippen LogP contribution is 2.07. The smallest absolute Gasteiger partial charge is 0.260 e. The molecule has 2 heterocycles. The maximum Gasteiger partial charge on any atom is 0.260 e. The first-order valence-electron chi connectivity index (χ1n) is 6.74. The van der Waals surface area contributed by atoms with E-state index in [1.54, 1.807) is 28.9 Å². The summed E-state index contributed by atoms with van der Waals surface area (Å²) in [5.74, 6) is -0.246. The Bertz CT molecular complexity index is 579. The van der Waals surface area contributed by atoms with Crippen molar-refractivity contribution in [3.05, 3.63) is 33.7 Å². The lowest BCUT2D eigenvalue weighted by atomic mass is 10.2. The van der Waals surface area contributed by atoms with Crippen LogP contribution in [0, 0.1) is 6.92 Å². The van der Waals surface area contributed by atoms with E-state index in [1.807, 2.05) is 0 Å². The van der Waals surface area contributed by atoms with Crippen molar-refractivity contribution in [2.75, 3.05) is 26.2 Å². The number of carbonyl (C=O) groups is 2. The van der Waals surface area contributed by atoms with Gasteiger partial charge in [-0.2, -0.15) is 0 Å². The van der Waals surface area contributed by atoms with E-state index in [-0.39, 0.29) is 22.9 Å². The Kier molecular flexibility index (Phi) is 4.22. The third-order valence-corrected chi connectivity index (χ3v) is 3.51. The molecule has 108 valence electrons. The summed E-state index contributed by atoms with van der Waals surface area (Å²) in [6.45, 7) is 5.50. The van der Waals surface area contributed by atoms with Crippen molar-refractivity contribution >= 4 is 11.8 Å². The molecule has 1 aliphatic rings. The van der Waals surface area contributed by atoms with Gasteiger partial charge in [0.2, 0.25) is 5.91 Å². The SMILES string of the molecule is CC(=O)N1CCCN(C(=O)c2ccc(C)[nH]c2=O)CC1. The van der Waals surface area contributed by atoms with Gasteiger partial charge in [0, 0.05) is 38.8 Å². The highest BCUT2D eigenvalue weighted by atomic mass is 16.2. The van der Waals surface area contributed by atoms with Gasteiger partial charge in [0.1, 0.15) is 5.56 Å². The molecular weight excluding hydrogens is 258 g/mol. The predicted molar refractivity (Wildman–Crippen MR) is 74.6 cm³/mol. The number of nitrogens with zero attached hydrogens (tertiary/aromatic N) is 2. The molecule has 20 heavy (non-hydrogen) atoms. The fourth-order valence-electron chi connectivity index (χ4n) is 2.35. The number of aryl methyl sites for hydroxylation is 1. The van der Waals surface area contributed by atoms with Gasteiger partial charge in [0.05, 0.1) is 0 Å². The number of rotatable bonds is 1. The Morgan fingerprint density at radius 1 is 1.10 bits per heavy atom. The van der Waals surface area contributed by atoms with Crippen LogP contribution in [-0.2, 0) is 4.79 Å². The number of pyridine rings is 1. The number of hydrogen-bond donors (Lipinski definition) is 1. The first-order chi connectivity index (χ1) is 9.49. The quantitative estimate of drug-likeness (QED) is 0.806. The second-order valence-electron chi connectivity index (χ2n) is 5.04. The highest BCUT2D eigenvalue weighted by Gasteiger charge is 2.22. The second kappa shape index (κ2) is 5.90. The van der Waals surface area contributed by atoms with E-state index in [1.165, 1.54) is 6.92 Å². The Morgan fingerprint density at radius 2 is 1.75 bits per heavy atom. The van der Waals surface area contributed by atoms with E-state index in [0.717, 1.165) is 12.1 Å². The number of H-pyrrole nitrogens is 1. The normalized spacial score (nSPS) is 15.9. The van der Waals surface area contributed by atoms with Crippen LogP contribution in [0.25, 0.3) is 0 Å². The van der Waals surface area contributed by atoms with Gasteiger partial charge in [-0.1, -0.05) is 0 Å². The number of aromatic amines is 1. The average molecular weight is 277 g/mol. The minimum absolute atomic E-state index is 0.0208. The summed E-state index contributed by atoms with van der Waals surface area (Å²) in [5, 5.41) is 0. The van der Waals surface area contributed by atoms with Crippen molar-refractivity contribution < 1.29 is 9.59 Å². The Hall–Kier alpha value is -2.11.